The van der Waals surface area contributed by atoms with Crippen molar-refractivity contribution >= 4 is 0 Å². The van der Waals surface area contributed by atoms with Crippen LogP contribution < -0.4 is 0 Å². The van der Waals surface area contributed by atoms with Gasteiger partial charge in [-0.1, -0.05) is 0 Å². The maximum atomic E-state index is 10.4. The van der Waals surface area contributed by atoms with E-state index in [0.717, 1.165) is 32.3 Å². The lowest BCUT2D eigenvalue weighted by atomic mass is 9.79. The van der Waals surface area contributed by atoms with Crippen LogP contribution in [0, 0.1) is 5.41 Å². The summed E-state index contributed by atoms with van der Waals surface area (Å²) in [6.45, 7) is 1.52. The van der Waals surface area contributed by atoms with Crippen LogP contribution in [0.25, 0.3) is 0 Å². The Hall–Kier alpha value is -0.120. The molecule has 1 saturated heterocycles. The molecule has 1 aliphatic carbocycles. The molecule has 13 heavy (non-hydrogen) atoms. The van der Waals surface area contributed by atoms with E-state index >= 15 is 0 Å². The van der Waals surface area contributed by atoms with Crippen LogP contribution in [-0.2, 0) is 4.74 Å². The van der Waals surface area contributed by atoms with Crippen molar-refractivity contribution in [3.8, 4) is 0 Å². The second kappa shape index (κ2) is 3.23. The van der Waals surface area contributed by atoms with Crippen molar-refractivity contribution < 1.29 is 14.9 Å². The number of aliphatic hydroxyl groups excluding tert-OH is 1. The minimum absolute atomic E-state index is 0.128. The first kappa shape index (κ1) is 9.44. The second-order valence-corrected chi connectivity index (χ2v) is 4.44. The fraction of sp³-hybridized carbons (Fsp3) is 1.00. The highest BCUT2D eigenvalue weighted by Crippen LogP contribution is 2.56. The second-order valence-electron chi connectivity index (χ2n) is 4.44. The Morgan fingerprint density at radius 2 is 1.85 bits per heavy atom. The van der Waals surface area contributed by atoms with Gasteiger partial charge in [-0.25, -0.2) is 0 Å². The molecule has 76 valence electrons. The third-order valence-corrected chi connectivity index (χ3v) is 3.68. The fourth-order valence-electron chi connectivity index (χ4n) is 2.39. The monoisotopic (exact) mass is 186 g/mol. The summed E-state index contributed by atoms with van der Waals surface area (Å²) in [6.07, 6.45) is 4.33. The highest BCUT2D eigenvalue weighted by molar-refractivity contribution is 5.08. The molecule has 2 N–H and O–H groups in total. The van der Waals surface area contributed by atoms with Crippen molar-refractivity contribution in [1.29, 1.82) is 0 Å². The van der Waals surface area contributed by atoms with E-state index < -0.39 is 5.60 Å². The largest absolute Gasteiger partial charge is 0.396 e. The molecule has 2 aliphatic rings. The van der Waals surface area contributed by atoms with Crippen molar-refractivity contribution in [2.24, 2.45) is 5.41 Å². The Morgan fingerprint density at radius 3 is 2.46 bits per heavy atom. The highest BCUT2D eigenvalue weighted by Gasteiger charge is 2.57. The summed E-state index contributed by atoms with van der Waals surface area (Å²) in [5, 5.41) is 19.7. The van der Waals surface area contributed by atoms with Crippen molar-refractivity contribution in [1.82, 2.24) is 0 Å². The minimum Gasteiger partial charge on any atom is -0.396 e. The number of ether oxygens (including phenoxy) is 1. The fourth-order valence-corrected chi connectivity index (χ4v) is 2.39. The van der Waals surface area contributed by atoms with Gasteiger partial charge in [0.15, 0.2) is 0 Å². The van der Waals surface area contributed by atoms with Gasteiger partial charge in [0, 0.05) is 25.0 Å². The predicted octanol–water partition coefficient (Wildman–Crippen LogP) is 0.690. The summed E-state index contributed by atoms with van der Waals surface area (Å²) in [5.74, 6) is 0. The highest BCUT2D eigenvalue weighted by atomic mass is 16.5. The van der Waals surface area contributed by atoms with Crippen LogP contribution in [0.2, 0.25) is 0 Å². The van der Waals surface area contributed by atoms with Gasteiger partial charge < -0.3 is 14.9 Å². The lowest BCUT2D eigenvalue weighted by Crippen LogP contribution is -2.42. The van der Waals surface area contributed by atoms with Gasteiger partial charge in [-0.05, 0) is 25.7 Å². The molecule has 0 aromatic rings. The summed E-state index contributed by atoms with van der Waals surface area (Å²) in [5.41, 5.74) is -0.834. The topological polar surface area (TPSA) is 49.7 Å². The molecule has 0 aromatic carbocycles. The standard InChI is InChI=1S/C10H18O3/c11-8-9(3-4-9)10(12)2-1-6-13-7-5-10/h11-12H,1-8H2. The van der Waals surface area contributed by atoms with E-state index in [1.165, 1.54) is 0 Å². The molecule has 0 bridgehead atoms. The van der Waals surface area contributed by atoms with Gasteiger partial charge in [0.05, 0.1) is 12.2 Å². The first-order valence-electron chi connectivity index (χ1n) is 5.13. The molecular weight excluding hydrogens is 168 g/mol. The van der Waals surface area contributed by atoms with E-state index in [4.69, 9.17) is 4.74 Å². The smallest absolute Gasteiger partial charge is 0.0748 e. The third kappa shape index (κ3) is 1.49. The normalized spacial score (nSPS) is 38.3. The van der Waals surface area contributed by atoms with Gasteiger partial charge in [-0.2, -0.15) is 0 Å². The van der Waals surface area contributed by atoms with Gasteiger partial charge >= 0.3 is 0 Å². The number of aliphatic hydroxyl groups is 2. The van der Waals surface area contributed by atoms with E-state index in [9.17, 15) is 10.2 Å². The summed E-state index contributed by atoms with van der Waals surface area (Å²) in [4.78, 5) is 0. The van der Waals surface area contributed by atoms with E-state index in [-0.39, 0.29) is 12.0 Å². The molecule has 2 rings (SSSR count). The van der Waals surface area contributed by atoms with E-state index in [2.05, 4.69) is 0 Å². The molecular formula is C10H18O3. The first-order valence-corrected chi connectivity index (χ1v) is 5.13. The summed E-state index contributed by atoms with van der Waals surface area (Å²) < 4.78 is 5.32. The third-order valence-electron chi connectivity index (χ3n) is 3.68. The number of hydrogen-bond acceptors (Lipinski definition) is 3. The van der Waals surface area contributed by atoms with Crippen molar-refractivity contribution in [3.05, 3.63) is 0 Å². The summed E-state index contributed by atoms with van der Waals surface area (Å²) in [7, 11) is 0. The quantitative estimate of drug-likeness (QED) is 0.667. The molecule has 0 amide bonds. The number of hydrogen-bond donors (Lipinski definition) is 2. The molecule has 1 heterocycles. The Bertz CT molecular complexity index is 179. The molecule has 1 saturated carbocycles. The maximum Gasteiger partial charge on any atom is 0.0748 e. The average Bonchev–Trinajstić information content (AvgIpc) is 2.89. The Labute approximate surface area is 78.7 Å². The molecule has 1 aliphatic heterocycles. The van der Waals surface area contributed by atoms with Crippen LogP contribution in [0.4, 0.5) is 0 Å². The Balaban J connectivity index is 2.08. The zero-order valence-electron chi connectivity index (χ0n) is 7.96. The maximum absolute atomic E-state index is 10.4. The van der Waals surface area contributed by atoms with E-state index in [1.54, 1.807) is 0 Å². The average molecular weight is 186 g/mol. The van der Waals surface area contributed by atoms with Gasteiger partial charge in [0.1, 0.15) is 0 Å². The molecule has 2 fully saturated rings. The summed E-state index contributed by atoms with van der Waals surface area (Å²) in [6, 6.07) is 0. The van der Waals surface area contributed by atoms with E-state index in [1.807, 2.05) is 0 Å². The van der Waals surface area contributed by atoms with E-state index in [0.29, 0.717) is 13.0 Å². The van der Waals surface area contributed by atoms with Crippen LogP contribution in [0.3, 0.4) is 0 Å². The first-order chi connectivity index (χ1) is 6.22. The van der Waals surface area contributed by atoms with Crippen LogP contribution in [-0.4, -0.2) is 35.6 Å². The van der Waals surface area contributed by atoms with Crippen LogP contribution in [0.1, 0.15) is 32.1 Å². The lowest BCUT2D eigenvalue weighted by Gasteiger charge is -2.34. The van der Waals surface area contributed by atoms with Crippen molar-refractivity contribution in [3.63, 3.8) is 0 Å². The zero-order chi connectivity index (χ0) is 9.36. The van der Waals surface area contributed by atoms with Gasteiger partial charge in [0.25, 0.3) is 0 Å². The van der Waals surface area contributed by atoms with Crippen LogP contribution in [0.15, 0.2) is 0 Å². The number of rotatable bonds is 2. The van der Waals surface area contributed by atoms with Gasteiger partial charge in [-0.15, -0.1) is 0 Å². The van der Waals surface area contributed by atoms with Crippen LogP contribution in [0.5, 0.6) is 0 Å². The van der Waals surface area contributed by atoms with Crippen molar-refractivity contribution in [2.45, 2.75) is 37.7 Å². The Morgan fingerprint density at radius 1 is 1.08 bits per heavy atom. The zero-order valence-corrected chi connectivity index (χ0v) is 7.96. The minimum atomic E-state index is -0.655. The SMILES string of the molecule is OCC1(C2(O)CCCOCC2)CC1. The van der Waals surface area contributed by atoms with Crippen LogP contribution >= 0.6 is 0 Å². The molecule has 0 spiro atoms. The molecule has 3 nitrogen and oxygen atoms in total. The van der Waals surface area contributed by atoms with Crippen molar-refractivity contribution in [2.75, 3.05) is 19.8 Å². The Kier molecular flexibility index (Phi) is 2.34. The van der Waals surface area contributed by atoms with Gasteiger partial charge in [-0.3, -0.25) is 0 Å². The molecule has 1 atom stereocenters. The molecule has 0 radical (unpaired) electrons. The molecule has 0 aromatic heterocycles. The molecule has 3 heteroatoms. The summed E-state index contributed by atoms with van der Waals surface area (Å²) >= 11 is 0. The van der Waals surface area contributed by atoms with Gasteiger partial charge in [0.2, 0.25) is 0 Å². The lowest BCUT2D eigenvalue weighted by molar-refractivity contribution is -0.0684. The molecule has 1 unspecified atom stereocenters. The predicted molar refractivity (Wildman–Crippen MR) is 48.4 cm³/mol.